The number of nitrogens with one attached hydrogen (secondary N) is 1. The first kappa shape index (κ1) is 19.4. The summed E-state index contributed by atoms with van der Waals surface area (Å²) in [5, 5.41) is 12.4. The Kier molecular flexibility index (Phi) is 5.04. The maximum atomic E-state index is 12.7. The zero-order valence-electron chi connectivity index (χ0n) is 16.2. The van der Waals surface area contributed by atoms with Gasteiger partial charge in [0.15, 0.2) is 5.82 Å². The van der Waals surface area contributed by atoms with Crippen LogP contribution in [0.25, 0.3) is 0 Å². The van der Waals surface area contributed by atoms with Crippen molar-refractivity contribution in [1.29, 1.82) is 0 Å². The van der Waals surface area contributed by atoms with Crippen LogP contribution in [0.5, 0.6) is 0 Å². The first-order valence-electron chi connectivity index (χ1n) is 9.59. The van der Waals surface area contributed by atoms with Crippen molar-refractivity contribution in [3.8, 4) is 0 Å². The second-order valence-electron chi connectivity index (χ2n) is 7.45. The summed E-state index contributed by atoms with van der Waals surface area (Å²) in [6.45, 7) is 1.91. The van der Waals surface area contributed by atoms with Gasteiger partial charge in [-0.1, -0.05) is 24.4 Å². The molecule has 29 heavy (non-hydrogen) atoms. The molecule has 1 aromatic carbocycles. The highest BCUT2D eigenvalue weighted by Crippen LogP contribution is 2.39. The van der Waals surface area contributed by atoms with Crippen molar-refractivity contribution >= 4 is 46.6 Å². The smallest absolute Gasteiger partial charge is 0.335 e. The van der Waals surface area contributed by atoms with Gasteiger partial charge in [0.1, 0.15) is 11.7 Å². The van der Waals surface area contributed by atoms with Gasteiger partial charge in [-0.3, -0.25) is 4.79 Å². The number of amides is 1. The van der Waals surface area contributed by atoms with Crippen LogP contribution in [0.1, 0.15) is 43.0 Å². The van der Waals surface area contributed by atoms with Crippen molar-refractivity contribution in [1.82, 2.24) is 9.97 Å². The Morgan fingerprint density at radius 1 is 1.31 bits per heavy atom. The highest BCUT2D eigenvalue weighted by molar-refractivity contribution is 6.33. The fourth-order valence-electron chi connectivity index (χ4n) is 4.10. The molecule has 1 fully saturated rings. The molecule has 4 rings (SSSR count). The van der Waals surface area contributed by atoms with Crippen molar-refractivity contribution in [2.24, 2.45) is 0 Å². The van der Waals surface area contributed by atoms with Gasteiger partial charge in [0, 0.05) is 13.1 Å². The number of benzene rings is 1. The number of likely N-dealkylation sites (N-methyl/N-ethyl adjacent to an activating group) is 1. The van der Waals surface area contributed by atoms with E-state index in [1.165, 1.54) is 12.1 Å². The number of carboxylic acids is 1. The van der Waals surface area contributed by atoms with E-state index in [2.05, 4.69) is 15.2 Å². The molecular weight excluding hydrogens is 394 g/mol. The van der Waals surface area contributed by atoms with Gasteiger partial charge in [0.25, 0.3) is 0 Å². The normalized spacial score (nSPS) is 19.4. The highest BCUT2D eigenvalue weighted by atomic mass is 35.5. The summed E-state index contributed by atoms with van der Waals surface area (Å²) < 4.78 is 0. The second kappa shape index (κ2) is 7.51. The Labute approximate surface area is 173 Å². The predicted octanol–water partition coefficient (Wildman–Crippen LogP) is 3.69. The molecule has 152 valence electrons. The van der Waals surface area contributed by atoms with E-state index in [0.29, 0.717) is 17.3 Å². The minimum Gasteiger partial charge on any atom is -0.478 e. The standard InChI is InChI=1S/C20H22ClN5O3/c1-11-18(27)25(2)16-10-22-20(24-17(16)26(11)13-5-3-4-6-13)23-15-8-7-12(19(28)29)9-14(15)21/h7-11,13H,3-6H2,1-2H3,(H,28,29)(H,22,23,24)/t11-/m1/s1. The fourth-order valence-corrected chi connectivity index (χ4v) is 4.32. The monoisotopic (exact) mass is 415 g/mol. The molecule has 2 N–H and O–H groups in total. The van der Waals surface area contributed by atoms with Gasteiger partial charge in [0.2, 0.25) is 11.9 Å². The summed E-state index contributed by atoms with van der Waals surface area (Å²) in [7, 11) is 1.74. The van der Waals surface area contributed by atoms with Crippen molar-refractivity contribution in [3.63, 3.8) is 0 Å². The molecular formula is C20H22ClN5O3. The number of aromatic nitrogens is 2. The SMILES string of the molecule is C[C@@H]1C(=O)N(C)c2cnc(Nc3ccc(C(=O)O)cc3Cl)nc2N1C1CCCC1. The van der Waals surface area contributed by atoms with Crippen molar-refractivity contribution < 1.29 is 14.7 Å². The minimum absolute atomic E-state index is 0.0287. The number of carbonyl (C=O) groups is 2. The van der Waals surface area contributed by atoms with Gasteiger partial charge in [-0.2, -0.15) is 4.98 Å². The number of fused-ring (bicyclic) bond motifs is 1. The third kappa shape index (κ3) is 3.48. The molecule has 1 saturated carbocycles. The van der Waals surface area contributed by atoms with Gasteiger partial charge >= 0.3 is 5.97 Å². The molecule has 1 atom stereocenters. The Morgan fingerprint density at radius 2 is 2.03 bits per heavy atom. The first-order chi connectivity index (χ1) is 13.9. The van der Waals surface area contributed by atoms with Gasteiger partial charge in [-0.05, 0) is 38.0 Å². The number of hydrogen-bond acceptors (Lipinski definition) is 6. The lowest BCUT2D eigenvalue weighted by molar-refractivity contribution is -0.119. The van der Waals surface area contributed by atoms with Crippen LogP contribution in [0, 0.1) is 0 Å². The number of aromatic carboxylic acids is 1. The third-order valence-electron chi connectivity index (χ3n) is 5.64. The fraction of sp³-hybridized carbons (Fsp3) is 0.400. The van der Waals surface area contributed by atoms with Crippen LogP contribution in [0.4, 0.5) is 23.1 Å². The predicted molar refractivity (Wildman–Crippen MR) is 111 cm³/mol. The Morgan fingerprint density at radius 3 is 2.69 bits per heavy atom. The molecule has 0 radical (unpaired) electrons. The summed E-state index contributed by atoms with van der Waals surface area (Å²) in [5.74, 6) is 0.0485. The van der Waals surface area contributed by atoms with Gasteiger partial charge in [-0.15, -0.1) is 0 Å². The summed E-state index contributed by atoms with van der Waals surface area (Å²) in [5.41, 5.74) is 1.29. The van der Waals surface area contributed by atoms with Crippen LogP contribution < -0.4 is 15.1 Å². The number of rotatable bonds is 4. The summed E-state index contributed by atoms with van der Waals surface area (Å²) in [6.07, 6.45) is 6.01. The van der Waals surface area contributed by atoms with Gasteiger partial charge in [0.05, 0.1) is 22.5 Å². The van der Waals surface area contributed by atoms with E-state index in [4.69, 9.17) is 21.7 Å². The number of halogens is 1. The number of anilines is 4. The maximum Gasteiger partial charge on any atom is 0.335 e. The summed E-state index contributed by atoms with van der Waals surface area (Å²) in [6, 6.07) is 4.42. The van der Waals surface area contributed by atoms with Crippen molar-refractivity contribution in [2.75, 3.05) is 22.2 Å². The Bertz CT molecular complexity index is 977. The van der Waals surface area contributed by atoms with Crippen LogP contribution in [0.2, 0.25) is 5.02 Å². The topological polar surface area (TPSA) is 98.7 Å². The number of carbonyl (C=O) groups excluding carboxylic acids is 1. The summed E-state index contributed by atoms with van der Waals surface area (Å²) >= 11 is 6.22. The first-order valence-corrected chi connectivity index (χ1v) is 9.97. The van der Waals surface area contributed by atoms with E-state index in [0.717, 1.165) is 31.5 Å². The zero-order chi connectivity index (χ0) is 20.7. The van der Waals surface area contributed by atoms with Crippen LogP contribution in [0.3, 0.4) is 0 Å². The largest absolute Gasteiger partial charge is 0.478 e. The Hall–Kier alpha value is -2.87. The quantitative estimate of drug-likeness (QED) is 0.785. The molecule has 0 spiro atoms. The van der Waals surface area contributed by atoms with E-state index in [1.54, 1.807) is 24.2 Å². The lowest BCUT2D eigenvalue weighted by atomic mass is 10.1. The second-order valence-corrected chi connectivity index (χ2v) is 7.85. The van der Waals surface area contributed by atoms with E-state index < -0.39 is 5.97 Å². The molecule has 0 unspecified atom stereocenters. The Balaban J connectivity index is 1.69. The molecule has 1 aromatic heterocycles. The third-order valence-corrected chi connectivity index (χ3v) is 5.95. The molecule has 8 nitrogen and oxygen atoms in total. The minimum atomic E-state index is -1.04. The van der Waals surface area contributed by atoms with Gasteiger partial charge < -0.3 is 20.2 Å². The van der Waals surface area contributed by atoms with E-state index in [1.807, 2.05) is 6.92 Å². The molecule has 2 heterocycles. The van der Waals surface area contributed by atoms with Crippen LogP contribution in [-0.4, -0.2) is 46.1 Å². The lowest BCUT2D eigenvalue weighted by Gasteiger charge is -2.42. The molecule has 9 heteroatoms. The number of hydrogen-bond donors (Lipinski definition) is 2. The average molecular weight is 416 g/mol. The molecule has 1 aliphatic heterocycles. The average Bonchev–Trinajstić information content (AvgIpc) is 3.22. The van der Waals surface area contributed by atoms with Gasteiger partial charge in [-0.25, -0.2) is 9.78 Å². The molecule has 2 aromatic rings. The van der Waals surface area contributed by atoms with E-state index in [-0.39, 0.29) is 28.6 Å². The highest BCUT2D eigenvalue weighted by Gasteiger charge is 2.39. The van der Waals surface area contributed by atoms with Crippen molar-refractivity contribution in [3.05, 3.63) is 35.0 Å². The van der Waals surface area contributed by atoms with E-state index in [9.17, 15) is 9.59 Å². The molecule has 1 amide bonds. The molecule has 0 saturated heterocycles. The van der Waals surface area contributed by atoms with Crippen LogP contribution >= 0.6 is 11.6 Å². The number of nitrogens with zero attached hydrogens (tertiary/aromatic N) is 4. The molecule has 2 aliphatic rings. The zero-order valence-corrected chi connectivity index (χ0v) is 17.0. The van der Waals surface area contributed by atoms with Crippen molar-refractivity contribution in [2.45, 2.75) is 44.7 Å². The lowest BCUT2D eigenvalue weighted by Crippen LogP contribution is -2.54. The molecule has 0 bridgehead atoms. The molecule has 1 aliphatic carbocycles. The van der Waals surface area contributed by atoms with Crippen LogP contribution in [-0.2, 0) is 4.79 Å². The summed E-state index contributed by atoms with van der Waals surface area (Å²) in [4.78, 5) is 36.6. The van der Waals surface area contributed by atoms with Crippen LogP contribution in [0.15, 0.2) is 24.4 Å². The maximum absolute atomic E-state index is 12.7. The van der Waals surface area contributed by atoms with E-state index >= 15 is 0 Å². The number of carboxylic acid groups (broad SMARTS) is 1.